The summed E-state index contributed by atoms with van der Waals surface area (Å²) in [7, 11) is -7.12. The van der Waals surface area contributed by atoms with Crippen molar-refractivity contribution in [3.8, 4) is 17.3 Å². The minimum Gasteiger partial charge on any atom is -0.477 e. The molecule has 0 atom stereocenters. The van der Waals surface area contributed by atoms with Gasteiger partial charge in [0, 0.05) is 39.3 Å². The average molecular weight is 623 g/mol. The van der Waals surface area contributed by atoms with Gasteiger partial charge >= 0.3 is 0 Å². The summed E-state index contributed by atoms with van der Waals surface area (Å²) in [6.45, 7) is 9.72. The highest BCUT2D eigenvalue weighted by Gasteiger charge is 2.31. The van der Waals surface area contributed by atoms with Gasteiger partial charge in [-0.1, -0.05) is 13.8 Å². The molecule has 16 heteroatoms. The fraction of sp³-hybridized carbons (Fsp3) is 0.615. The van der Waals surface area contributed by atoms with Crippen molar-refractivity contribution in [2.75, 3.05) is 58.7 Å². The standard InChI is InChI=1S/C26H38N8O6S2/c1-5-21-22-23(30-34(21)18-8-10-32(11-9-18)41(4,36)37)25(35)29-24(28-22)20-16-19(17-27-26(20)40-7-3)42(38,39)33-14-12-31(6-2)13-15-33/h16-18H,5-15H2,1-4H3,(H,28,29,35). The van der Waals surface area contributed by atoms with Crippen LogP contribution in [-0.2, 0) is 26.5 Å². The van der Waals surface area contributed by atoms with Gasteiger partial charge in [-0.2, -0.15) is 9.40 Å². The van der Waals surface area contributed by atoms with Crippen molar-refractivity contribution >= 4 is 31.1 Å². The molecule has 2 saturated heterocycles. The fourth-order valence-electron chi connectivity index (χ4n) is 5.65. The van der Waals surface area contributed by atoms with Crippen molar-refractivity contribution in [1.82, 2.24) is 38.2 Å². The molecule has 2 fully saturated rings. The topological polar surface area (TPSA) is 164 Å². The van der Waals surface area contributed by atoms with E-state index in [4.69, 9.17) is 9.72 Å². The lowest BCUT2D eigenvalue weighted by Crippen LogP contribution is -2.48. The number of fused-ring (bicyclic) bond motifs is 1. The second-order valence-corrected chi connectivity index (χ2v) is 14.5. The van der Waals surface area contributed by atoms with Crippen LogP contribution in [0.5, 0.6) is 5.88 Å². The summed E-state index contributed by atoms with van der Waals surface area (Å²) >= 11 is 0. The van der Waals surface area contributed by atoms with Gasteiger partial charge in [-0.3, -0.25) is 9.48 Å². The number of piperidine rings is 1. The van der Waals surface area contributed by atoms with Crippen molar-refractivity contribution in [2.45, 2.75) is 51.0 Å². The van der Waals surface area contributed by atoms with E-state index in [2.05, 4.69) is 20.0 Å². The first kappa shape index (κ1) is 30.5. The Morgan fingerprint density at radius 2 is 1.67 bits per heavy atom. The molecule has 0 unspecified atom stereocenters. The van der Waals surface area contributed by atoms with Crippen LogP contribution in [0.3, 0.4) is 0 Å². The quantitative estimate of drug-likeness (QED) is 0.365. The normalized spacial score (nSPS) is 18.6. The van der Waals surface area contributed by atoms with Crippen molar-refractivity contribution in [1.29, 1.82) is 0 Å². The van der Waals surface area contributed by atoms with Gasteiger partial charge in [-0.25, -0.2) is 31.1 Å². The maximum atomic E-state index is 13.6. The highest BCUT2D eigenvalue weighted by molar-refractivity contribution is 7.89. The number of nitrogens with zero attached hydrogens (tertiary/aromatic N) is 7. The molecule has 2 aliphatic rings. The highest BCUT2D eigenvalue weighted by Crippen LogP contribution is 2.32. The number of H-pyrrole nitrogens is 1. The fourth-order valence-corrected chi connectivity index (χ4v) is 7.91. The summed E-state index contributed by atoms with van der Waals surface area (Å²) in [4.78, 5) is 27.4. The Kier molecular flexibility index (Phi) is 8.72. The Balaban J connectivity index is 1.54. The van der Waals surface area contributed by atoms with Crippen molar-refractivity contribution in [3.05, 3.63) is 28.3 Å². The Morgan fingerprint density at radius 3 is 2.26 bits per heavy atom. The molecule has 0 amide bonds. The van der Waals surface area contributed by atoms with Crippen LogP contribution in [-0.4, -0.2) is 114 Å². The molecule has 1 N–H and O–H groups in total. The van der Waals surface area contributed by atoms with E-state index in [1.54, 1.807) is 11.6 Å². The molecule has 3 aromatic rings. The van der Waals surface area contributed by atoms with E-state index in [-0.39, 0.29) is 40.3 Å². The van der Waals surface area contributed by atoms with Crippen LogP contribution in [0.15, 0.2) is 22.0 Å². The molecule has 0 spiro atoms. The average Bonchev–Trinajstić information content (AvgIpc) is 3.36. The minimum atomic E-state index is -3.84. The second-order valence-electron chi connectivity index (χ2n) is 10.5. The van der Waals surface area contributed by atoms with Gasteiger partial charge < -0.3 is 14.6 Å². The largest absolute Gasteiger partial charge is 0.477 e. The first-order valence-corrected chi connectivity index (χ1v) is 17.6. The first-order chi connectivity index (χ1) is 20.0. The van der Waals surface area contributed by atoms with Crippen LogP contribution in [0.25, 0.3) is 22.4 Å². The van der Waals surface area contributed by atoms with Gasteiger partial charge in [0.2, 0.25) is 25.9 Å². The minimum absolute atomic E-state index is 0.00214. The number of nitrogens with one attached hydrogen (secondary N) is 1. The Labute approximate surface area is 245 Å². The van der Waals surface area contributed by atoms with Crippen molar-refractivity contribution in [3.63, 3.8) is 0 Å². The predicted octanol–water partition coefficient (Wildman–Crippen LogP) is 1.07. The van der Waals surface area contributed by atoms with Gasteiger partial charge in [0.05, 0.1) is 36.4 Å². The number of pyridine rings is 1. The molecule has 0 radical (unpaired) electrons. The number of hydrogen-bond donors (Lipinski definition) is 1. The number of aryl methyl sites for hydroxylation is 1. The van der Waals surface area contributed by atoms with E-state index < -0.39 is 25.6 Å². The molecular weight excluding hydrogens is 584 g/mol. The lowest BCUT2D eigenvalue weighted by Gasteiger charge is -2.33. The number of likely N-dealkylation sites (N-methyl/N-ethyl adjacent to an activating group) is 1. The van der Waals surface area contributed by atoms with Crippen molar-refractivity contribution in [2.24, 2.45) is 0 Å². The number of aromatic amines is 1. The molecule has 0 saturated carbocycles. The third-order valence-electron chi connectivity index (χ3n) is 8.00. The van der Waals surface area contributed by atoms with E-state index in [0.717, 1.165) is 12.2 Å². The lowest BCUT2D eigenvalue weighted by atomic mass is 10.1. The van der Waals surface area contributed by atoms with Crippen LogP contribution in [0.1, 0.15) is 45.3 Å². The van der Waals surface area contributed by atoms with Crippen LogP contribution >= 0.6 is 0 Å². The summed E-state index contributed by atoms with van der Waals surface area (Å²) < 4.78 is 61.5. The smallest absolute Gasteiger partial charge is 0.279 e. The summed E-state index contributed by atoms with van der Waals surface area (Å²) in [5, 5.41) is 4.61. The maximum Gasteiger partial charge on any atom is 0.279 e. The molecule has 230 valence electrons. The van der Waals surface area contributed by atoms with Crippen LogP contribution in [0.2, 0.25) is 0 Å². The first-order valence-electron chi connectivity index (χ1n) is 14.3. The molecule has 5 heterocycles. The third kappa shape index (κ3) is 5.82. The number of ether oxygens (including phenoxy) is 1. The van der Waals surface area contributed by atoms with E-state index in [1.165, 1.54) is 27.1 Å². The molecule has 5 rings (SSSR count). The van der Waals surface area contributed by atoms with Gasteiger partial charge in [0.1, 0.15) is 16.2 Å². The molecule has 0 bridgehead atoms. The zero-order chi connectivity index (χ0) is 30.2. The van der Waals surface area contributed by atoms with E-state index in [1.807, 2.05) is 13.8 Å². The Bertz CT molecular complexity index is 1720. The number of sulfonamides is 2. The zero-order valence-corrected chi connectivity index (χ0v) is 26.0. The number of aromatic nitrogens is 5. The third-order valence-corrected chi connectivity index (χ3v) is 11.2. The van der Waals surface area contributed by atoms with Crippen molar-refractivity contribution < 1.29 is 21.6 Å². The van der Waals surface area contributed by atoms with Crippen LogP contribution in [0, 0.1) is 0 Å². The molecule has 42 heavy (non-hydrogen) atoms. The SMILES string of the molecule is CCOc1ncc(S(=O)(=O)N2CCN(CC)CC2)cc1-c1nc2c(CC)n(C3CCN(S(C)(=O)=O)CC3)nc2c(=O)[nH]1. The van der Waals surface area contributed by atoms with E-state index in [0.29, 0.717) is 64.0 Å². The van der Waals surface area contributed by atoms with Gasteiger partial charge in [0.15, 0.2) is 5.52 Å². The molecule has 0 aliphatic carbocycles. The molecular formula is C26H38N8O6S2. The maximum absolute atomic E-state index is 13.6. The molecule has 2 aliphatic heterocycles. The summed E-state index contributed by atoms with van der Waals surface area (Å²) in [6, 6.07) is 1.37. The van der Waals surface area contributed by atoms with Gasteiger partial charge in [0.25, 0.3) is 5.56 Å². The molecule has 0 aromatic carbocycles. The number of piperazine rings is 1. The summed E-state index contributed by atoms with van der Waals surface area (Å²) in [5.41, 5.74) is 1.13. The van der Waals surface area contributed by atoms with Gasteiger partial charge in [-0.05, 0) is 38.8 Å². The molecule has 14 nitrogen and oxygen atoms in total. The lowest BCUT2D eigenvalue weighted by molar-refractivity contribution is 0.196. The number of hydrogen-bond acceptors (Lipinski definition) is 10. The second kappa shape index (κ2) is 12.0. The monoisotopic (exact) mass is 622 g/mol. The number of rotatable bonds is 9. The van der Waals surface area contributed by atoms with Crippen LogP contribution < -0.4 is 10.3 Å². The predicted molar refractivity (Wildman–Crippen MR) is 157 cm³/mol. The van der Waals surface area contributed by atoms with E-state index >= 15 is 0 Å². The summed E-state index contributed by atoms with van der Waals surface area (Å²) in [5.74, 6) is 0.297. The molecule has 3 aromatic heterocycles. The Hall–Kier alpha value is -2.92. The van der Waals surface area contributed by atoms with E-state index in [9.17, 15) is 21.6 Å². The van der Waals surface area contributed by atoms with Crippen LogP contribution in [0.4, 0.5) is 0 Å². The summed E-state index contributed by atoms with van der Waals surface area (Å²) in [6.07, 6.45) is 4.14. The van der Waals surface area contributed by atoms with Gasteiger partial charge in [-0.15, -0.1) is 0 Å². The highest BCUT2D eigenvalue weighted by atomic mass is 32.2. The Morgan fingerprint density at radius 1 is 0.976 bits per heavy atom. The zero-order valence-electron chi connectivity index (χ0n) is 24.4.